The molecule has 1 aromatic rings. The van der Waals surface area contributed by atoms with E-state index in [-0.39, 0.29) is 30.9 Å². The summed E-state index contributed by atoms with van der Waals surface area (Å²) in [6.45, 7) is 3.18. The van der Waals surface area contributed by atoms with Gasteiger partial charge in [0.1, 0.15) is 54.1 Å². The highest BCUT2D eigenvalue weighted by molar-refractivity contribution is 5.97. The molecule has 9 amide bonds. The molecule has 26 heteroatoms. The molecule has 1 aromatic carbocycles. The van der Waals surface area contributed by atoms with E-state index in [1.54, 1.807) is 13.8 Å². The van der Waals surface area contributed by atoms with Crippen molar-refractivity contribution < 1.29 is 78.3 Å². The Morgan fingerprint density at radius 3 is 1.60 bits per heavy atom. The summed E-state index contributed by atoms with van der Waals surface area (Å²) in [5.41, 5.74) is 11.1. The molecule has 1 rings (SSSR count). The first-order valence-corrected chi connectivity index (χ1v) is 20.3. The summed E-state index contributed by atoms with van der Waals surface area (Å²) in [6, 6.07) is -6.31. The van der Waals surface area contributed by atoms with Crippen LogP contribution in [0.2, 0.25) is 0 Å². The van der Waals surface area contributed by atoms with Crippen LogP contribution in [-0.4, -0.2) is 159 Å². The molecule has 65 heavy (non-hydrogen) atoms. The second-order valence-corrected chi connectivity index (χ2v) is 15.3. The molecule has 0 heterocycles. The third-order valence-electron chi connectivity index (χ3n) is 9.21. The fourth-order valence-corrected chi connectivity index (χ4v) is 5.56. The van der Waals surface area contributed by atoms with Crippen LogP contribution in [0.25, 0.3) is 0 Å². The van der Waals surface area contributed by atoms with Crippen LogP contribution in [0.3, 0.4) is 0 Å². The lowest BCUT2D eigenvalue weighted by Gasteiger charge is -2.27. The van der Waals surface area contributed by atoms with Gasteiger partial charge in [0.25, 0.3) is 0 Å². The number of carbonyl (C=O) groups excluding carboxylic acids is 9. The smallest absolute Gasteiger partial charge is 0.325 e. The van der Waals surface area contributed by atoms with Gasteiger partial charge in [-0.3, -0.25) is 52.7 Å². The van der Waals surface area contributed by atoms with Crippen molar-refractivity contribution in [2.24, 2.45) is 17.4 Å². The number of aromatic hydroxyl groups is 1. The van der Waals surface area contributed by atoms with E-state index in [1.807, 2.05) is 0 Å². The van der Waals surface area contributed by atoms with Gasteiger partial charge < -0.3 is 79.5 Å². The summed E-state index contributed by atoms with van der Waals surface area (Å²) in [5, 5.41) is 65.5. The van der Waals surface area contributed by atoms with E-state index in [9.17, 15) is 73.2 Å². The molecule has 0 saturated heterocycles. The highest BCUT2D eigenvalue weighted by atomic mass is 16.4. The van der Waals surface area contributed by atoms with E-state index < -0.39 is 152 Å². The maximum Gasteiger partial charge on any atom is 0.325 e. The van der Waals surface area contributed by atoms with Crippen molar-refractivity contribution in [2.75, 3.05) is 19.8 Å². The van der Waals surface area contributed by atoms with E-state index in [2.05, 4.69) is 42.5 Å². The fourth-order valence-electron chi connectivity index (χ4n) is 5.56. The van der Waals surface area contributed by atoms with Crippen LogP contribution in [0.15, 0.2) is 24.3 Å². The molecule has 0 unspecified atom stereocenters. The number of amides is 9. The number of carboxylic acids is 2. The second-order valence-electron chi connectivity index (χ2n) is 15.3. The Bertz CT molecular complexity index is 1860. The van der Waals surface area contributed by atoms with Gasteiger partial charge >= 0.3 is 11.9 Å². The number of aliphatic carboxylic acids is 2. The topological polar surface area (TPSA) is 437 Å². The Hall–Kier alpha value is -6.93. The molecule has 0 saturated carbocycles. The van der Waals surface area contributed by atoms with Gasteiger partial charge in [-0.2, -0.15) is 0 Å². The molecule has 362 valence electrons. The fraction of sp³-hybridized carbons (Fsp3) is 0.564. The molecule has 0 aromatic heterocycles. The maximum absolute atomic E-state index is 13.9. The molecule has 0 spiro atoms. The number of aliphatic hydroxyl groups is 2. The standard InChI is InChI=1S/C39H60N10O16/c1-18(2)13-26(47-37(62)27(14-21-5-7-22(52)8-6-21)48-38(63)28(17-51)49-33(58)23(40)16-50)36(61)46-24(10-12-31(55)56)34(59)42-15-30(54)45-25(9-11-29(41)53)35(60)43-19(3)32(57)44-20(4)39(64)65/h5-8,18-20,23-28,50-52H,9-17,40H2,1-4H3,(H2,41,53)(H,42,59)(H,43,60)(H,44,57)(H,45,54)(H,46,61)(H,47,62)(H,48,63)(H,49,58)(H,55,56)(H,64,65)/t19-,20-,23-,24-,25-,26-,27-,28-/m0/s1. The van der Waals surface area contributed by atoms with Crippen molar-refractivity contribution in [2.45, 2.75) is 115 Å². The van der Waals surface area contributed by atoms with Crippen LogP contribution in [0.1, 0.15) is 65.4 Å². The Kier molecular flexibility index (Phi) is 24.1. The van der Waals surface area contributed by atoms with Crippen molar-refractivity contribution in [1.29, 1.82) is 0 Å². The van der Waals surface area contributed by atoms with Gasteiger partial charge in [0.05, 0.1) is 19.8 Å². The van der Waals surface area contributed by atoms with Crippen molar-refractivity contribution in [3.63, 3.8) is 0 Å². The summed E-state index contributed by atoms with van der Waals surface area (Å²) in [7, 11) is 0. The minimum Gasteiger partial charge on any atom is -0.508 e. The van der Waals surface area contributed by atoms with E-state index in [0.29, 0.717) is 5.56 Å². The second kappa shape index (κ2) is 28.0. The van der Waals surface area contributed by atoms with Crippen LogP contribution < -0.4 is 54.0 Å². The lowest BCUT2D eigenvalue weighted by atomic mass is 10.00. The molecule has 0 aliphatic heterocycles. The van der Waals surface area contributed by atoms with E-state index in [1.165, 1.54) is 38.1 Å². The Morgan fingerprint density at radius 1 is 0.569 bits per heavy atom. The number of carboxylic acid groups (broad SMARTS) is 2. The summed E-state index contributed by atoms with van der Waals surface area (Å²) < 4.78 is 0. The number of nitrogens with two attached hydrogens (primary N) is 2. The van der Waals surface area contributed by atoms with Gasteiger partial charge in [-0.05, 0) is 56.7 Å². The van der Waals surface area contributed by atoms with Crippen molar-refractivity contribution in [3.8, 4) is 5.75 Å². The van der Waals surface area contributed by atoms with Gasteiger partial charge in [0.15, 0.2) is 0 Å². The molecule has 17 N–H and O–H groups in total. The van der Waals surface area contributed by atoms with Gasteiger partial charge in [-0.25, -0.2) is 0 Å². The summed E-state index contributed by atoms with van der Waals surface area (Å²) >= 11 is 0. The predicted molar refractivity (Wildman–Crippen MR) is 224 cm³/mol. The zero-order valence-electron chi connectivity index (χ0n) is 36.3. The first kappa shape index (κ1) is 56.1. The average Bonchev–Trinajstić information content (AvgIpc) is 3.23. The molecule has 0 bridgehead atoms. The van der Waals surface area contributed by atoms with E-state index in [0.717, 1.165) is 0 Å². The van der Waals surface area contributed by atoms with Crippen LogP contribution in [0, 0.1) is 5.92 Å². The highest BCUT2D eigenvalue weighted by Crippen LogP contribution is 2.13. The van der Waals surface area contributed by atoms with Crippen LogP contribution in [0.4, 0.5) is 0 Å². The van der Waals surface area contributed by atoms with Crippen molar-refractivity contribution in [3.05, 3.63) is 29.8 Å². The number of nitrogens with one attached hydrogen (secondary N) is 8. The molecule has 0 radical (unpaired) electrons. The number of rotatable bonds is 29. The molecule has 0 aliphatic carbocycles. The highest BCUT2D eigenvalue weighted by Gasteiger charge is 2.33. The number of carbonyl (C=O) groups is 11. The Balaban J connectivity index is 3.28. The Labute approximate surface area is 372 Å². The lowest BCUT2D eigenvalue weighted by Crippen LogP contribution is -2.60. The minimum atomic E-state index is -1.64. The molecule has 8 atom stereocenters. The first-order chi connectivity index (χ1) is 30.4. The average molecular weight is 925 g/mol. The SMILES string of the molecule is CC(C)C[C@H](NC(=O)[C@H](Cc1ccc(O)cc1)NC(=O)[C@H](CO)NC(=O)[C@@H](N)CO)C(=O)N[C@@H](CCC(=O)O)C(=O)NCC(=O)N[C@@H](CCC(N)=O)C(=O)N[C@@H](C)C(=O)N[C@@H](C)C(=O)O. The van der Waals surface area contributed by atoms with Crippen LogP contribution in [-0.2, 0) is 59.2 Å². The van der Waals surface area contributed by atoms with Gasteiger partial charge in [0.2, 0.25) is 53.2 Å². The predicted octanol–water partition coefficient (Wildman–Crippen LogP) is -5.94. The van der Waals surface area contributed by atoms with E-state index >= 15 is 0 Å². The quantitative estimate of drug-likeness (QED) is 0.0356. The molecule has 0 fully saturated rings. The molecule has 26 nitrogen and oxygen atoms in total. The number of phenols is 1. The van der Waals surface area contributed by atoms with Crippen LogP contribution >= 0.6 is 0 Å². The minimum absolute atomic E-state index is 0.0743. The summed E-state index contributed by atoms with van der Waals surface area (Å²) in [6.07, 6.45) is -2.29. The molecule has 0 aliphatic rings. The molecular weight excluding hydrogens is 864 g/mol. The number of primary amides is 1. The van der Waals surface area contributed by atoms with Gasteiger partial charge in [-0.15, -0.1) is 0 Å². The Morgan fingerprint density at radius 2 is 1.06 bits per heavy atom. The number of phenolic OH excluding ortho intramolecular Hbond substituents is 1. The zero-order valence-corrected chi connectivity index (χ0v) is 36.3. The number of benzene rings is 1. The van der Waals surface area contributed by atoms with Crippen LogP contribution in [0.5, 0.6) is 5.75 Å². The number of aliphatic hydroxyl groups excluding tert-OH is 2. The first-order valence-electron chi connectivity index (χ1n) is 20.3. The van der Waals surface area contributed by atoms with Gasteiger partial charge in [0, 0.05) is 19.3 Å². The van der Waals surface area contributed by atoms with Gasteiger partial charge in [-0.1, -0.05) is 26.0 Å². The number of hydrogen-bond donors (Lipinski definition) is 15. The monoisotopic (exact) mass is 924 g/mol. The van der Waals surface area contributed by atoms with E-state index in [4.69, 9.17) is 16.6 Å². The summed E-state index contributed by atoms with van der Waals surface area (Å²) in [5.74, 6) is -12.0. The third-order valence-corrected chi connectivity index (χ3v) is 9.21. The molecular formula is C39H60N10O16. The van der Waals surface area contributed by atoms with Crippen molar-refractivity contribution in [1.82, 2.24) is 42.5 Å². The largest absolute Gasteiger partial charge is 0.508 e. The summed E-state index contributed by atoms with van der Waals surface area (Å²) in [4.78, 5) is 139. The number of hydrogen-bond acceptors (Lipinski definition) is 15. The lowest BCUT2D eigenvalue weighted by molar-refractivity contribution is -0.141. The third kappa shape index (κ3) is 21.3. The maximum atomic E-state index is 13.9. The zero-order chi connectivity index (χ0) is 49.6. The normalized spacial score (nSPS) is 14.6. The van der Waals surface area contributed by atoms with Crippen molar-refractivity contribution >= 4 is 65.1 Å².